The number of nitrogens with two attached hydrogens (primary N) is 2. The molecule has 0 bridgehead atoms. The van der Waals surface area contributed by atoms with Gasteiger partial charge >= 0.3 is 5.97 Å². The van der Waals surface area contributed by atoms with Gasteiger partial charge in [-0.2, -0.15) is 11.8 Å². The zero-order valence-electron chi connectivity index (χ0n) is 18.8. The molecule has 37 heavy (non-hydrogen) atoms. The van der Waals surface area contributed by atoms with Crippen LogP contribution in [0.3, 0.4) is 0 Å². The van der Waals surface area contributed by atoms with E-state index in [2.05, 4.69) is 20.4 Å². The summed E-state index contributed by atoms with van der Waals surface area (Å²) in [6.07, 6.45) is 1.67. The number of anilines is 1. The highest BCUT2D eigenvalue weighted by Gasteiger charge is 2.54. The van der Waals surface area contributed by atoms with Crippen LogP contribution in [0.1, 0.15) is 11.4 Å². The molecular weight excluding hydrogens is 582 g/mol. The molecule has 2 atom stereocenters. The van der Waals surface area contributed by atoms with Crippen LogP contribution in [-0.4, -0.2) is 78.1 Å². The second-order valence-corrected chi connectivity index (χ2v) is 12.4. The van der Waals surface area contributed by atoms with Crippen LogP contribution in [0.25, 0.3) is 0 Å². The minimum Gasteiger partial charge on any atom is -0.477 e. The van der Waals surface area contributed by atoms with Crippen molar-refractivity contribution in [1.29, 1.82) is 0 Å². The van der Waals surface area contributed by atoms with E-state index in [-0.39, 0.29) is 20.9 Å². The first-order valence-corrected chi connectivity index (χ1v) is 14.7. The van der Waals surface area contributed by atoms with Gasteiger partial charge in [0.15, 0.2) is 10.8 Å². The van der Waals surface area contributed by atoms with Crippen LogP contribution in [0.15, 0.2) is 39.0 Å². The van der Waals surface area contributed by atoms with Crippen molar-refractivity contribution in [3.63, 3.8) is 0 Å². The number of carbonyl (C=O) groups excluding carboxylic acids is 2. The summed E-state index contributed by atoms with van der Waals surface area (Å²) in [7, 11) is 0. The van der Waals surface area contributed by atoms with Crippen LogP contribution in [0.2, 0.25) is 4.34 Å². The third kappa shape index (κ3) is 5.68. The highest BCUT2D eigenvalue weighted by molar-refractivity contribution is 8.06. The molecule has 0 aromatic carbocycles. The quantitative estimate of drug-likeness (QED) is 0.0868. The number of pyridine rings is 1. The van der Waals surface area contributed by atoms with Crippen LogP contribution in [-0.2, 0) is 20.1 Å². The normalized spacial score (nSPS) is 19.5. The van der Waals surface area contributed by atoms with Gasteiger partial charge in [0.25, 0.3) is 11.8 Å². The fraction of sp³-hybridized carbons (Fsp3) is 0.300. The Bertz CT molecular complexity index is 1300. The van der Waals surface area contributed by atoms with E-state index in [9.17, 15) is 24.7 Å². The number of carbonyl (C=O) groups is 3. The Morgan fingerprint density at radius 3 is 2.84 bits per heavy atom. The van der Waals surface area contributed by atoms with E-state index in [1.807, 2.05) is 6.07 Å². The summed E-state index contributed by atoms with van der Waals surface area (Å²) in [5, 5.41) is 24.2. The van der Waals surface area contributed by atoms with Gasteiger partial charge in [-0.1, -0.05) is 39.9 Å². The first-order chi connectivity index (χ1) is 17.8. The van der Waals surface area contributed by atoms with Gasteiger partial charge in [-0.05, 0) is 12.1 Å². The van der Waals surface area contributed by atoms with Gasteiger partial charge in [0.1, 0.15) is 27.1 Å². The maximum atomic E-state index is 13.0. The number of carboxylic acid groups (broad SMARTS) is 1. The average Bonchev–Trinajstić information content (AvgIpc) is 3.20. The lowest BCUT2D eigenvalue weighted by atomic mass is 10.0. The molecule has 4 heterocycles. The maximum absolute atomic E-state index is 13.0. The van der Waals surface area contributed by atoms with Gasteiger partial charge in [0.05, 0.1) is 5.69 Å². The fourth-order valence-electron chi connectivity index (χ4n) is 3.55. The SMILES string of the molecule is NCCSCc1ncccc1SC1=C(C(=O)O)N2C(=O)[C@@H](NC(=O)/C(=N\O)c3nc(N)sc3Cl)[C@H]2SC1. The largest absolute Gasteiger partial charge is 0.477 e. The highest BCUT2D eigenvalue weighted by Crippen LogP contribution is 2.45. The van der Waals surface area contributed by atoms with Crippen LogP contribution < -0.4 is 16.8 Å². The third-order valence-corrected chi connectivity index (χ3v) is 9.87. The number of thioether (sulfide) groups is 3. The third-order valence-electron chi connectivity index (χ3n) is 5.15. The van der Waals surface area contributed by atoms with Crippen molar-refractivity contribution in [1.82, 2.24) is 20.2 Å². The zero-order chi connectivity index (χ0) is 26.7. The van der Waals surface area contributed by atoms with E-state index in [4.69, 9.17) is 23.1 Å². The number of amides is 2. The van der Waals surface area contributed by atoms with Crippen molar-refractivity contribution in [3.8, 4) is 0 Å². The number of aliphatic carboxylic acids is 1. The lowest BCUT2D eigenvalue weighted by Crippen LogP contribution is -2.71. The summed E-state index contributed by atoms with van der Waals surface area (Å²) < 4.78 is 0.0445. The molecule has 0 aliphatic carbocycles. The summed E-state index contributed by atoms with van der Waals surface area (Å²) in [6, 6.07) is 2.58. The minimum atomic E-state index is -1.25. The molecule has 2 aliphatic rings. The molecule has 17 heteroatoms. The number of halogens is 1. The molecule has 2 aliphatic heterocycles. The number of aromatic nitrogens is 2. The minimum absolute atomic E-state index is 0.0445. The monoisotopic (exact) mass is 601 g/mol. The Hall–Kier alpha value is -2.50. The molecular formula is C20H20ClN7O5S4. The Kier molecular flexibility index (Phi) is 8.86. The second-order valence-electron chi connectivity index (χ2n) is 7.45. The van der Waals surface area contributed by atoms with Gasteiger partial charge in [-0.3, -0.25) is 19.5 Å². The molecule has 4 rings (SSSR count). The van der Waals surface area contributed by atoms with Crippen LogP contribution in [0.5, 0.6) is 0 Å². The van der Waals surface area contributed by atoms with E-state index >= 15 is 0 Å². The van der Waals surface area contributed by atoms with Gasteiger partial charge in [-0.15, -0.1) is 11.8 Å². The summed E-state index contributed by atoms with van der Waals surface area (Å²) >= 11 is 11.1. The Morgan fingerprint density at radius 2 is 2.19 bits per heavy atom. The van der Waals surface area contributed by atoms with Crippen molar-refractivity contribution in [2.45, 2.75) is 22.1 Å². The first-order valence-electron chi connectivity index (χ1n) is 10.5. The molecule has 12 nitrogen and oxygen atoms in total. The van der Waals surface area contributed by atoms with Gasteiger partial charge in [0, 0.05) is 39.8 Å². The number of hydrogen-bond acceptors (Lipinski definition) is 13. The predicted octanol–water partition coefficient (Wildman–Crippen LogP) is 1.63. The lowest BCUT2D eigenvalue weighted by molar-refractivity contribution is -0.150. The van der Waals surface area contributed by atoms with Crippen molar-refractivity contribution < 1.29 is 24.7 Å². The summed E-state index contributed by atoms with van der Waals surface area (Å²) in [4.78, 5) is 48.7. The first kappa shape index (κ1) is 27.5. The molecule has 1 fully saturated rings. The molecule has 2 aromatic heterocycles. The van der Waals surface area contributed by atoms with Crippen LogP contribution >= 0.6 is 58.2 Å². The number of fused-ring (bicyclic) bond motifs is 1. The number of nitrogens with zero attached hydrogens (tertiary/aromatic N) is 4. The van der Waals surface area contributed by atoms with Crippen LogP contribution in [0.4, 0.5) is 5.13 Å². The predicted molar refractivity (Wildman–Crippen MR) is 145 cm³/mol. The molecule has 2 aromatic rings. The van der Waals surface area contributed by atoms with Gasteiger partial charge in [-0.25, -0.2) is 9.78 Å². The van der Waals surface area contributed by atoms with Gasteiger partial charge in [0.2, 0.25) is 0 Å². The topological polar surface area (TPSA) is 197 Å². The second kappa shape index (κ2) is 11.9. The average molecular weight is 602 g/mol. The zero-order valence-corrected chi connectivity index (χ0v) is 22.8. The Balaban J connectivity index is 1.52. The molecule has 1 saturated heterocycles. The van der Waals surface area contributed by atoms with E-state index in [0.717, 1.165) is 32.6 Å². The Morgan fingerprint density at radius 1 is 1.41 bits per heavy atom. The Labute approximate surface area is 232 Å². The number of carboxylic acids is 1. The fourth-order valence-corrected chi connectivity index (χ4v) is 7.88. The van der Waals surface area contributed by atoms with Gasteiger partial charge < -0.3 is 27.1 Å². The number of hydrogen-bond donors (Lipinski definition) is 5. The molecule has 0 radical (unpaired) electrons. The van der Waals surface area contributed by atoms with Crippen molar-refractivity contribution >= 4 is 86.9 Å². The number of rotatable bonds is 10. The van der Waals surface area contributed by atoms with Crippen molar-refractivity contribution in [3.05, 3.63) is 44.7 Å². The molecule has 0 unspecified atom stereocenters. The number of β-lactam (4-membered cyclic amide) rings is 1. The smallest absolute Gasteiger partial charge is 0.353 e. The number of nitrogens with one attached hydrogen (secondary N) is 1. The standard InChI is InChI=1S/C20H20ClN7O5S4/c21-15-11(26-20(23)37-15)12(27-33)16(29)25-13-17(30)28-14(19(31)32)10(7-35-18(13)28)36-9-2-1-4-24-8(9)6-34-5-3-22/h1-2,4,13,18,33H,3,5-7,22H2,(H2,23,26)(H,25,29)(H,31,32)/b27-12-/t13-,18-/m1/s1. The lowest BCUT2D eigenvalue weighted by Gasteiger charge is -2.49. The van der Waals surface area contributed by atoms with E-state index < -0.39 is 34.9 Å². The van der Waals surface area contributed by atoms with E-state index in [1.54, 1.807) is 24.0 Å². The number of oxime groups is 1. The molecule has 196 valence electrons. The molecule has 0 saturated carbocycles. The summed E-state index contributed by atoms with van der Waals surface area (Å²) in [5.74, 6) is -1.08. The molecule has 2 amide bonds. The van der Waals surface area contributed by atoms with E-state index in [0.29, 0.717) is 23.0 Å². The van der Waals surface area contributed by atoms with Crippen molar-refractivity contribution in [2.24, 2.45) is 10.9 Å². The maximum Gasteiger partial charge on any atom is 0.353 e. The molecule has 0 spiro atoms. The number of thiazole rings is 1. The molecule has 7 N–H and O–H groups in total. The summed E-state index contributed by atoms with van der Waals surface area (Å²) in [6.45, 7) is 0.539. The van der Waals surface area contributed by atoms with Crippen LogP contribution in [0, 0.1) is 0 Å². The number of nitrogen functional groups attached to an aromatic ring is 1. The summed E-state index contributed by atoms with van der Waals surface area (Å²) in [5.41, 5.74) is 11.2. The van der Waals surface area contributed by atoms with Crippen molar-refractivity contribution in [2.75, 3.05) is 23.8 Å². The van der Waals surface area contributed by atoms with E-state index in [1.165, 1.54) is 23.5 Å². The highest BCUT2D eigenvalue weighted by atomic mass is 35.5.